The Morgan fingerprint density at radius 1 is 1.00 bits per heavy atom. The summed E-state index contributed by atoms with van der Waals surface area (Å²) in [6.45, 7) is 0. The van der Waals surface area contributed by atoms with Crippen LogP contribution < -0.4 is 5.32 Å². The number of fused-ring (bicyclic) bond motifs is 1. The summed E-state index contributed by atoms with van der Waals surface area (Å²) in [5.74, 6) is 0.992. The maximum absolute atomic E-state index is 3.74. The van der Waals surface area contributed by atoms with Gasteiger partial charge in [-0.25, -0.2) is 0 Å². The molecule has 1 aliphatic heterocycles. The SMILES string of the molecule is c1ccc2c(c1)CCC(CC1CCCCC1)N2. The molecule has 1 nitrogen and oxygen atoms in total. The molecule has 0 aromatic heterocycles. The number of rotatable bonds is 2. The second-order valence-electron chi connectivity index (χ2n) is 5.78. The minimum Gasteiger partial charge on any atom is -0.382 e. The van der Waals surface area contributed by atoms with Crippen LogP contribution in [0.15, 0.2) is 24.3 Å². The first-order valence-corrected chi connectivity index (χ1v) is 7.26. The molecule has 0 spiro atoms. The second-order valence-corrected chi connectivity index (χ2v) is 5.78. The van der Waals surface area contributed by atoms with Crippen molar-refractivity contribution in [2.75, 3.05) is 5.32 Å². The van der Waals surface area contributed by atoms with Gasteiger partial charge in [0.2, 0.25) is 0 Å². The van der Waals surface area contributed by atoms with Gasteiger partial charge in [-0.15, -0.1) is 0 Å². The van der Waals surface area contributed by atoms with Crippen molar-refractivity contribution in [1.82, 2.24) is 0 Å². The zero-order chi connectivity index (χ0) is 11.5. The third kappa shape index (κ3) is 2.65. The molecule has 1 N–H and O–H groups in total. The Balaban J connectivity index is 1.60. The lowest BCUT2D eigenvalue weighted by molar-refractivity contribution is 0.317. The molecular weight excluding hydrogens is 206 g/mol. The number of benzene rings is 1. The van der Waals surface area contributed by atoms with E-state index in [0.29, 0.717) is 0 Å². The lowest BCUT2D eigenvalue weighted by Gasteiger charge is -2.31. The third-order valence-corrected chi connectivity index (χ3v) is 4.48. The molecule has 3 rings (SSSR count). The van der Waals surface area contributed by atoms with E-state index in [4.69, 9.17) is 0 Å². The van der Waals surface area contributed by atoms with Gasteiger partial charge in [0.15, 0.2) is 0 Å². The van der Waals surface area contributed by atoms with Crippen LogP contribution in [0.1, 0.15) is 50.5 Å². The predicted octanol–water partition coefficient (Wildman–Crippen LogP) is 4.38. The predicted molar refractivity (Wildman–Crippen MR) is 73.4 cm³/mol. The molecule has 0 saturated heterocycles. The maximum atomic E-state index is 3.74. The Morgan fingerprint density at radius 2 is 1.82 bits per heavy atom. The summed E-state index contributed by atoms with van der Waals surface area (Å²) in [5.41, 5.74) is 2.90. The Labute approximate surface area is 105 Å². The molecule has 1 atom stereocenters. The quantitative estimate of drug-likeness (QED) is 0.793. The van der Waals surface area contributed by atoms with Crippen LogP contribution in [0.3, 0.4) is 0 Å². The lowest BCUT2D eigenvalue weighted by Crippen LogP contribution is -2.28. The van der Waals surface area contributed by atoms with E-state index in [2.05, 4.69) is 29.6 Å². The van der Waals surface area contributed by atoms with Gasteiger partial charge in [-0.05, 0) is 36.8 Å². The van der Waals surface area contributed by atoms with Gasteiger partial charge in [-0.2, -0.15) is 0 Å². The molecule has 2 aliphatic rings. The molecule has 17 heavy (non-hydrogen) atoms. The molecule has 1 heterocycles. The zero-order valence-corrected chi connectivity index (χ0v) is 10.6. The van der Waals surface area contributed by atoms with Gasteiger partial charge in [0, 0.05) is 11.7 Å². The molecule has 0 amide bonds. The average molecular weight is 229 g/mol. The van der Waals surface area contributed by atoms with Gasteiger partial charge in [-0.3, -0.25) is 0 Å². The second kappa shape index (κ2) is 5.12. The topological polar surface area (TPSA) is 12.0 Å². The average Bonchev–Trinajstić information content (AvgIpc) is 2.40. The van der Waals surface area contributed by atoms with Crippen molar-refractivity contribution in [3.8, 4) is 0 Å². The van der Waals surface area contributed by atoms with Gasteiger partial charge in [-0.1, -0.05) is 50.3 Å². The van der Waals surface area contributed by atoms with Crippen molar-refractivity contribution in [2.45, 2.75) is 57.4 Å². The van der Waals surface area contributed by atoms with Crippen LogP contribution in [0.25, 0.3) is 0 Å². The number of aryl methyl sites for hydroxylation is 1. The van der Waals surface area contributed by atoms with Crippen LogP contribution in [0, 0.1) is 5.92 Å². The van der Waals surface area contributed by atoms with Crippen molar-refractivity contribution < 1.29 is 0 Å². The molecular formula is C16H23N. The molecule has 1 aromatic carbocycles. The molecule has 0 bridgehead atoms. The molecule has 92 valence electrons. The molecule has 1 heteroatoms. The molecule has 1 aliphatic carbocycles. The van der Waals surface area contributed by atoms with Gasteiger partial charge < -0.3 is 5.32 Å². The number of nitrogens with one attached hydrogen (secondary N) is 1. The monoisotopic (exact) mass is 229 g/mol. The highest BCUT2D eigenvalue weighted by Gasteiger charge is 2.22. The van der Waals surface area contributed by atoms with Gasteiger partial charge >= 0.3 is 0 Å². The van der Waals surface area contributed by atoms with Crippen molar-refractivity contribution in [3.05, 3.63) is 29.8 Å². The molecule has 1 saturated carbocycles. The van der Waals surface area contributed by atoms with E-state index in [0.717, 1.165) is 12.0 Å². The number of hydrogen-bond acceptors (Lipinski definition) is 1. The summed E-state index contributed by atoms with van der Waals surface area (Å²) in [6.07, 6.45) is 11.3. The van der Waals surface area contributed by atoms with Gasteiger partial charge in [0.1, 0.15) is 0 Å². The smallest absolute Gasteiger partial charge is 0.0374 e. The van der Waals surface area contributed by atoms with E-state index in [1.807, 2.05) is 0 Å². The summed E-state index contributed by atoms with van der Waals surface area (Å²) in [7, 11) is 0. The van der Waals surface area contributed by atoms with Crippen molar-refractivity contribution in [3.63, 3.8) is 0 Å². The normalized spacial score (nSPS) is 25.1. The highest BCUT2D eigenvalue weighted by molar-refractivity contribution is 5.53. The Morgan fingerprint density at radius 3 is 2.71 bits per heavy atom. The van der Waals surface area contributed by atoms with E-state index < -0.39 is 0 Å². The molecule has 1 aromatic rings. The standard InChI is InChI=1S/C16H23N/c1-2-6-13(7-3-1)12-15-11-10-14-8-4-5-9-16(14)17-15/h4-5,8-9,13,15,17H,1-3,6-7,10-12H2. The Hall–Kier alpha value is -0.980. The minimum atomic E-state index is 0.730. The number of hydrogen-bond donors (Lipinski definition) is 1. The zero-order valence-electron chi connectivity index (χ0n) is 10.6. The summed E-state index contributed by atoms with van der Waals surface area (Å²) in [4.78, 5) is 0. The largest absolute Gasteiger partial charge is 0.382 e. The van der Waals surface area contributed by atoms with Crippen LogP contribution in [-0.4, -0.2) is 6.04 Å². The minimum absolute atomic E-state index is 0.730. The number of para-hydroxylation sites is 1. The summed E-state index contributed by atoms with van der Waals surface area (Å²) >= 11 is 0. The lowest BCUT2D eigenvalue weighted by atomic mass is 9.82. The van der Waals surface area contributed by atoms with E-state index in [1.165, 1.54) is 62.6 Å². The summed E-state index contributed by atoms with van der Waals surface area (Å²) in [5, 5.41) is 3.74. The van der Waals surface area contributed by atoms with Crippen molar-refractivity contribution in [2.24, 2.45) is 5.92 Å². The first-order valence-electron chi connectivity index (χ1n) is 7.26. The van der Waals surface area contributed by atoms with Gasteiger partial charge in [0.05, 0.1) is 0 Å². The van der Waals surface area contributed by atoms with E-state index in [1.54, 1.807) is 0 Å². The van der Waals surface area contributed by atoms with Crippen molar-refractivity contribution >= 4 is 5.69 Å². The Kier molecular flexibility index (Phi) is 3.35. The summed E-state index contributed by atoms with van der Waals surface area (Å²) < 4.78 is 0. The highest BCUT2D eigenvalue weighted by Crippen LogP contribution is 2.32. The highest BCUT2D eigenvalue weighted by atomic mass is 14.9. The fraction of sp³-hybridized carbons (Fsp3) is 0.625. The van der Waals surface area contributed by atoms with Gasteiger partial charge in [0.25, 0.3) is 0 Å². The molecule has 0 radical (unpaired) electrons. The van der Waals surface area contributed by atoms with E-state index in [-0.39, 0.29) is 0 Å². The first kappa shape index (κ1) is 11.1. The van der Waals surface area contributed by atoms with Crippen molar-refractivity contribution in [1.29, 1.82) is 0 Å². The van der Waals surface area contributed by atoms with Crippen LogP contribution in [0.2, 0.25) is 0 Å². The summed E-state index contributed by atoms with van der Waals surface area (Å²) in [6, 6.07) is 9.53. The van der Waals surface area contributed by atoms with E-state index >= 15 is 0 Å². The van der Waals surface area contributed by atoms with E-state index in [9.17, 15) is 0 Å². The van der Waals surface area contributed by atoms with Crippen LogP contribution in [0.4, 0.5) is 5.69 Å². The Bertz CT molecular complexity index is 366. The molecule has 1 unspecified atom stereocenters. The van der Waals surface area contributed by atoms with Crippen LogP contribution in [0.5, 0.6) is 0 Å². The van der Waals surface area contributed by atoms with Crippen LogP contribution in [-0.2, 0) is 6.42 Å². The maximum Gasteiger partial charge on any atom is 0.0374 e. The number of anilines is 1. The first-order chi connectivity index (χ1) is 8.42. The van der Waals surface area contributed by atoms with Crippen LogP contribution >= 0.6 is 0 Å². The third-order valence-electron chi connectivity index (χ3n) is 4.48. The molecule has 1 fully saturated rings. The fourth-order valence-electron chi connectivity index (χ4n) is 3.50. The fourth-order valence-corrected chi connectivity index (χ4v) is 3.50.